The van der Waals surface area contributed by atoms with Crippen molar-refractivity contribution in [3.63, 3.8) is 0 Å². The van der Waals surface area contributed by atoms with E-state index in [-0.39, 0.29) is 12.2 Å². The minimum Gasteiger partial charge on any atom is -0.456 e. The van der Waals surface area contributed by atoms with E-state index in [1.165, 1.54) is 6.92 Å². The molecule has 13 nitrogen and oxygen atoms in total. The number of nitrogens with zero attached hydrogens (tertiary/aromatic N) is 1. The number of hydrogen-bond donors (Lipinski definition) is 2. The molecule has 0 bridgehead atoms. The first-order valence-electron chi connectivity index (χ1n) is 13.4. The molecule has 4 rings (SSSR count). The first kappa shape index (κ1) is 31.1. The average Bonchev–Trinajstić information content (AvgIpc) is 3.10. The van der Waals surface area contributed by atoms with Gasteiger partial charge < -0.3 is 23.5 Å². The average molecular weight is 600 g/mol. The van der Waals surface area contributed by atoms with Crippen LogP contribution in [0.25, 0.3) is 0 Å². The number of nitrogens with one attached hydrogen (secondary N) is 2. The molecule has 41 heavy (non-hydrogen) atoms. The lowest BCUT2D eigenvalue weighted by atomic mass is 9.98. The summed E-state index contributed by atoms with van der Waals surface area (Å²) in [5, 5.41) is 2.82. The van der Waals surface area contributed by atoms with Crippen molar-refractivity contribution < 1.29 is 41.7 Å². The predicted molar refractivity (Wildman–Crippen MR) is 143 cm³/mol. The van der Waals surface area contributed by atoms with Crippen molar-refractivity contribution in [3.05, 3.63) is 63.4 Å². The van der Waals surface area contributed by atoms with Gasteiger partial charge in [0.25, 0.3) is 5.56 Å². The maximum absolute atomic E-state index is 16.3. The largest absolute Gasteiger partial charge is 0.459 e. The minimum atomic E-state index is -4.22. The van der Waals surface area contributed by atoms with Crippen LogP contribution in [0.3, 0.4) is 0 Å². The van der Waals surface area contributed by atoms with Crippen LogP contribution in [0, 0.1) is 0 Å². The maximum Gasteiger partial charge on any atom is 0.459 e. The topological polar surface area (TPSA) is 156 Å². The molecular formula is C26H35FN3O10P. The Morgan fingerprint density at radius 1 is 1.22 bits per heavy atom. The Balaban J connectivity index is 1.59. The van der Waals surface area contributed by atoms with Gasteiger partial charge in [-0.15, -0.1) is 0 Å². The van der Waals surface area contributed by atoms with Gasteiger partial charge in [0.15, 0.2) is 24.3 Å². The quantitative estimate of drug-likeness (QED) is 0.289. The highest BCUT2D eigenvalue weighted by atomic mass is 31.2. The summed E-state index contributed by atoms with van der Waals surface area (Å²) in [6.07, 6.45) is -2.57. The summed E-state index contributed by atoms with van der Waals surface area (Å²) in [7, 11) is -4.22. The summed E-state index contributed by atoms with van der Waals surface area (Å²) in [6.45, 7) is 4.68. The van der Waals surface area contributed by atoms with Crippen LogP contribution in [0.4, 0.5) is 4.39 Å². The van der Waals surface area contributed by atoms with E-state index >= 15 is 4.39 Å². The van der Waals surface area contributed by atoms with E-state index in [0.717, 1.165) is 36.6 Å². The van der Waals surface area contributed by atoms with Gasteiger partial charge in [0.05, 0.1) is 12.6 Å². The summed E-state index contributed by atoms with van der Waals surface area (Å²) in [4.78, 5) is 38.3. The Labute approximate surface area is 235 Å². The highest BCUT2D eigenvalue weighted by Gasteiger charge is 2.58. The summed E-state index contributed by atoms with van der Waals surface area (Å²) in [5.41, 5.74) is -4.06. The normalized spacial score (nSPS) is 27.5. The molecular weight excluding hydrogens is 564 g/mol. The predicted octanol–water partition coefficient (Wildman–Crippen LogP) is 2.82. The van der Waals surface area contributed by atoms with Crippen molar-refractivity contribution in [2.24, 2.45) is 0 Å². The van der Waals surface area contributed by atoms with Gasteiger partial charge in [0.2, 0.25) is 0 Å². The van der Waals surface area contributed by atoms with E-state index in [4.69, 9.17) is 28.0 Å². The van der Waals surface area contributed by atoms with Gasteiger partial charge in [-0.05, 0) is 38.8 Å². The molecule has 0 radical (unpaired) electrons. The third kappa shape index (κ3) is 7.70. The lowest BCUT2D eigenvalue weighted by molar-refractivity contribution is -0.157. The zero-order valence-corrected chi connectivity index (χ0v) is 23.9. The van der Waals surface area contributed by atoms with Gasteiger partial charge in [-0.25, -0.2) is 18.8 Å². The molecule has 2 aliphatic rings. The number of alkyl halides is 1. The molecule has 1 aromatic heterocycles. The molecule has 0 amide bonds. The van der Waals surface area contributed by atoms with Crippen molar-refractivity contribution in [1.29, 1.82) is 0 Å². The summed E-state index contributed by atoms with van der Waals surface area (Å²) < 4.78 is 65.3. The highest BCUT2D eigenvalue weighted by Crippen LogP contribution is 2.48. The second-order valence-corrected chi connectivity index (χ2v) is 11.6. The van der Waals surface area contributed by atoms with Crippen LogP contribution < -0.4 is 20.9 Å². The molecule has 0 saturated carbocycles. The number of para-hydroxylation sites is 1. The molecule has 2 unspecified atom stereocenters. The van der Waals surface area contributed by atoms with Crippen LogP contribution in [-0.4, -0.2) is 65.5 Å². The molecule has 2 aromatic rings. The first-order valence-corrected chi connectivity index (χ1v) is 14.9. The third-order valence-corrected chi connectivity index (χ3v) is 8.25. The van der Waals surface area contributed by atoms with Gasteiger partial charge in [-0.2, -0.15) is 0 Å². The van der Waals surface area contributed by atoms with Gasteiger partial charge in [-0.3, -0.25) is 23.7 Å². The number of H-pyrrole nitrogens is 1. The Morgan fingerprint density at radius 3 is 2.54 bits per heavy atom. The number of rotatable bonds is 11. The Hall–Kier alpha value is -2.87. The van der Waals surface area contributed by atoms with E-state index in [2.05, 4.69) is 5.09 Å². The van der Waals surface area contributed by atoms with Crippen molar-refractivity contribution in [3.8, 4) is 5.75 Å². The number of aromatic amines is 1. The molecule has 2 N–H and O–H groups in total. The number of carbonyl (C=O) groups excluding carboxylic acids is 1. The number of hydrogen-bond acceptors (Lipinski definition) is 10. The fourth-order valence-corrected chi connectivity index (χ4v) is 6.04. The second-order valence-electron chi connectivity index (χ2n) is 9.89. The van der Waals surface area contributed by atoms with Crippen LogP contribution in [0.2, 0.25) is 0 Å². The van der Waals surface area contributed by atoms with Crippen molar-refractivity contribution >= 4 is 13.7 Å². The zero-order chi connectivity index (χ0) is 29.6. The Kier molecular flexibility index (Phi) is 10.2. The number of carbonyl (C=O) groups is 1. The van der Waals surface area contributed by atoms with E-state index in [0.29, 0.717) is 13.2 Å². The Bertz CT molecular complexity index is 1330. The molecule has 2 fully saturated rings. The smallest absolute Gasteiger partial charge is 0.456 e. The summed E-state index contributed by atoms with van der Waals surface area (Å²) in [5.74, 6) is -0.493. The SMILES string of the molecule is CCC(=O)O[C@@H]1[C@@H](COP(=O)(NC(C)C2OCCCCO2)Oc2ccccc2)O[C@@H](n2ccc(=O)[nH]c2=O)[C@]1(C)F. The number of esters is 1. The monoisotopic (exact) mass is 599 g/mol. The Morgan fingerprint density at radius 2 is 1.90 bits per heavy atom. The summed E-state index contributed by atoms with van der Waals surface area (Å²) >= 11 is 0. The van der Waals surface area contributed by atoms with Crippen LogP contribution >= 0.6 is 7.75 Å². The molecule has 0 aliphatic carbocycles. The molecule has 1 aromatic carbocycles. The standard InChI is InChI=1S/C26H35FN3O10P/c1-4-21(32)39-22-19(38-24(26(22,3)27)30-13-12-20(31)28-25(30)33)16-37-41(34,40-18-10-6-5-7-11-18)29-17(2)23-35-14-8-9-15-36-23/h5-7,10-13,17,19,22-24H,4,8-9,14-16H2,1-3H3,(H,29,34)(H,28,31,33)/t17?,19-,22-,24-,26-,41?/m1/s1. The van der Waals surface area contributed by atoms with Gasteiger partial charge in [0.1, 0.15) is 11.9 Å². The number of benzene rings is 1. The van der Waals surface area contributed by atoms with Crippen molar-refractivity contribution in [2.45, 2.75) is 76.5 Å². The van der Waals surface area contributed by atoms with Gasteiger partial charge >= 0.3 is 19.4 Å². The molecule has 2 saturated heterocycles. The fourth-order valence-electron chi connectivity index (χ4n) is 4.50. The molecule has 226 valence electrons. The zero-order valence-electron chi connectivity index (χ0n) is 23.0. The van der Waals surface area contributed by atoms with E-state index in [9.17, 15) is 18.9 Å². The fraction of sp³-hybridized carbons (Fsp3) is 0.577. The van der Waals surface area contributed by atoms with E-state index in [1.807, 2.05) is 4.98 Å². The molecule has 3 heterocycles. The van der Waals surface area contributed by atoms with Gasteiger partial charge in [-0.1, -0.05) is 25.1 Å². The number of halogens is 1. The van der Waals surface area contributed by atoms with Crippen LogP contribution in [-0.2, 0) is 32.8 Å². The van der Waals surface area contributed by atoms with Crippen LogP contribution in [0.15, 0.2) is 52.2 Å². The third-order valence-electron chi connectivity index (χ3n) is 6.58. The molecule has 15 heteroatoms. The van der Waals surface area contributed by atoms with Crippen LogP contribution in [0.1, 0.15) is 46.3 Å². The molecule has 6 atom stereocenters. The number of aromatic nitrogens is 2. The summed E-state index contributed by atoms with van der Waals surface area (Å²) in [6, 6.07) is 8.65. The van der Waals surface area contributed by atoms with Crippen molar-refractivity contribution in [1.82, 2.24) is 14.6 Å². The number of ether oxygens (including phenoxy) is 4. The van der Waals surface area contributed by atoms with Crippen molar-refractivity contribution in [2.75, 3.05) is 19.8 Å². The van der Waals surface area contributed by atoms with E-state index < -0.39 is 68.0 Å². The highest BCUT2D eigenvalue weighted by molar-refractivity contribution is 7.52. The second kappa shape index (κ2) is 13.4. The van der Waals surface area contributed by atoms with Crippen LogP contribution in [0.5, 0.6) is 5.75 Å². The lowest BCUT2D eigenvalue weighted by Gasteiger charge is -2.29. The minimum absolute atomic E-state index is 0.0561. The molecule has 0 spiro atoms. The molecule has 2 aliphatic heterocycles. The lowest BCUT2D eigenvalue weighted by Crippen LogP contribution is -2.46. The van der Waals surface area contributed by atoms with E-state index in [1.54, 1.807) is 37.3 Å². The first-order chi connectivity index (χ1) is 19.5. The maximum atomic E-state index is 16.3. The van der Waals surface area contributed by atoms with Gasteiger partial charge in [0, 0.05) is 31.9 Å².